The number of hydrogen-bond donors (Lipinski definition) is 1. The molecule has 5 nitrogen and oxygen atoms in total. The second-order valence-electron chi connectivity index (χ2n) is 6.73. The van der Waals surface area contributed by atoms with Gasteiger partial charge in [-0.05, 0) is 55.1 Å². The first kappa shape index (κ1) is 17.8. The third kappa shape index (κ3) is 3.49. The number of benzene rings is 1. The molecule has 0 saturated carbocycles. The van der Waals surface area contributed by atoms with Crippen LogP contribution >= 0.6 is 11.6 Å². The molecule has 1 aliphatic heterocycles. The largest absolute Gasteiger partial charge is 0.360 e. The second kappa shape index (κ2) is 7.19. The summed E-state index contributed by atoms with van der Waals surface area (Å²) in [6.45, 7) is 3.05. The number of aryl methyl sites for hydroxylation is 1. The fourth-order valence-corrected chi connectivity index (χ4v) is 3.80. The first-order chi connectivity index (χ1) is 13.0. The molecule has 4 rings (SSSR count). The molecule has 2 aromatic heterocycles. The fourth-order valence-electron chi connectivity index (χ4n) is 3.53. The summed E-state index contributed by atoms with van der Waals surface area (Å²) in [5, 5.41) is 5.07. The molecule has 27 heavy (non-hydrogen) atoms. The Hall–Kier alpha value is -2.60. The number of nitrogens with zero attached hydrogens (tertiary/aromatic N) is 2. The molecule has 140 valence electrons. The number of hydrogen-bond acceptors (Lipinski definition) is 3. The average molecular weight is 388 g/mol. The van der Waals surface area contributed by atoms with E-state index in [1.165, 1.54) is 17.7 Å². The van der Waals surface area contributed by atoms with E-state index >= 15 is 0 Å². The van der Waals surface area contributed by atoms with Crippen molar-refractivity contribution in [1.82, 2.24) is 15.0 Å². The number of H-pyrrole nitrogens is 1. The molecular weight excluding hydrogens is 369 g/mol. The van der Waals surface area contributed by atoms with Crippen LogP contribution in [0.5, 0.6) is 0 Å². The van der Waals surface area contributed by atoms with Crippen molar-refractivity contribution in [2.45, 2.75) is 26.2 Å². The number of halogens is 2. The zero-order valence-electron chi connectivity index (χ0n) is 14.9. The highest BCUT2D eigenvalue weighted by Crippen LogP contribution is 2.30. The van der Waals surface area contributed by atoms with Gasteiger partial charge in [-0.15, -0.1) is 0 Å². The minimum Gasteiger partial charge on any atom is -0.360 e. The lowest BCUT2D eigenvalue weighted by Gasteiger charge is -2.26. The Morgan fingerprint density at radius 1 is 1.44 bits per heavy atom. The van der Waals surface area contributed by atoms with Gasteiger partial charge in [0.1, 0.15) is 5.82 Å². The zero-order valence-corrected chi connectivity index (χ0v) is 15.6. The van der Waals surface area contributed by atoms with E-state index in [1.54, 1.807) is 6.07 Å². The van der Waals surface area contributed by atoms with E-state index in [1.807, 2.05) is 18.0 Å². The normalized spacial score (nSPS) is 14.6. The Morgan fingerprint density at radius 3 is 3.00 bits per heavy atom. The SMILES string of the molecule is Cc1noc(Cl)c1CCC(=O)N1CC=C(c2c[nH]c3cc(F)ccc23)CC1. The summed E-state index contributed by atoms with van der Waals surface area (Å²) in [4.78, 5) is 17.5. The van der Waals surface area contributed by atoms with Crippen molar-refractivity contribution in [2.75, 3.05) is 13.1 Å². The van der Waals surface area contributed by atoms with Crippen molar-refractivity contribution in [2.24, 2.45) is 0 Å². The monoisotopic (exact) mass is 387 g/mol. The van der Waals surface area contributed by atoms with Crippen molar-refractivity contribution in [1.29, 1.82) is 0 Å². The zero-order chi connectivity index (χ0) is 19.0. The highest BCUT2D eigenvalue weighted by atomic mass is 35.5. The van der Waals surface area contributed by atoms with E-state index in [2.05, 4.69) is 16.2 Å². The van der Waals surface area contributed by atoms with Crippen LogP contribution in [-0.4, -0.2) is 34.0 Å². The molecule has 1 aromatic carbocycles. The van der Waals surface area contributed by atoms with E-state index < -0.39 is 0 Å². The van der Waals surface area contributed by atoms with Crippen molar-refractivity contribution in [3.05, 3.63) is 58.3 Å². The van der Waals surface area contributed by atoms with Gasteiger partial charge in [0, 0.05) is 47.7 Å². The lowest BCUT2D eigenvalue weighted by atomic mass is 9.98. The van der Waals surface area contributed by atoms with Crippen LogP contribution in [0.1, 0.15) is 29.7 Å². The first-order valence-corrected chi connectivity index (χ1v) is 9.25. The Balaban J connectivity index is 1.42. The van der Waals surface area contributed by atoms with Gasteiger partial charge < -0.3 is 14.4 Å². The van der Waals surface area contributed by atoms with Crippen LogP contribution in [-0.2, 0) is 11.2 Å². The predicted molar refractivity (Wildman–Crippen MR) is 102 cm³/mol. The van der Waals surface area contributed by atoms with E-state index in [9.17, 15) is 9.18 Å². The van der Waals surface area contributed by atoms with Gasteiger partial charge in [0.25, 0.3) is 0 Å². The summed E-state index contributed by atoms with van der Waals surface area (Å²) >= 11 is 5.96. The number of fused-ring (bicyclic) bond motifs is 1. The highest BCUT2D eigenvalue weighted by molar-refractivity contribution is 6.29. The maximum Gasteiger partial charge on any atom is 0.229 e. The highest BCUT2D eigenvalue weighted by Gasteiger charge is 2.20. The molecule has 0 unspecified atom stereocenters. The Morgan fingerprint density at radius 2 is 2.30 bits per heavy atom. The van der Waals surface area contributed by atoms with E-state index in [-0.39, 0.29) is 16.9 Å². The van der Waals surface area contributed by atoms with E-state index in [4.69, 9.17) is 16.1 Å². The molecule has 0 bridgehead atoms. The van der Waals surface area contributed by atoms with Gasteiger partial charge in [0.15, 0.2) is 0 Å². The minimum atomic E-state index is -0.256. The molecule has 0 atom stereocenters. The number of nitrogens with one attached hydrogen (secondary N) is 1. The first-order valence-electron chi connectivity index (χ1n) is 8.87. The van der Waals surface area contributed by atoms with Gasteiger partial charge in [0.05, 0.1) is 5.69 Å². The molecule has 0 fully saturated rings. The fraction of sp³-hybridized carbons (Fsp3) is 0.300. The van der Waals surface area contributed by atoms with E-state index in [0.29, 0.717) is 25.9 Å². The van der Waals surface area contributed by atoms with Crippen LogP contribution in [0.3, 0.4) is 0 Å². The molecule has 3 aromatic rings. The molecular formula is C20H19ClFN3O2. The van der Waals surface area contributed by atoms with Gasteiger partial charge in [-0.2, -0.15) is 0 Å². The van der Waals surface area contributed by atoms with Crippen LogP contribution in [0, 0.1) is 12.7 Å². The lowest BCUT2D eigenvalue weighted by Crippen LogP contribution is -2.34. The number of aromatic nitrogens is 2. The third-order valence-corrected chi connectivity index (χ3v) is 5.37. The summed E-state index contributed by atoms with van der Waals surface area (Å²) in [6.07, 6.45) is 5.64. The summed E-state index contributed by atoms with van der Waals surface area (Å²) in [6, 6.07) is 4.76. The number of carbonyl (C=O) groups is 1. The van der Waals surface area contributed by atoms with Crippen molar-refractivity contribution in [3.63, 3.8) is 0 Å². The Kier molecular flexibility index (Phi) is 4.74. The van der Waals surface area contributed by atoms with E-state index in [0.717, 1.165) is 34.1 Å². The lowest BCUT2D eigenvalue weighted by molar-refractivity contribution is -0.130. The van der Waals surface area contributed by atoms with Crippen molar-refractivity contribution in [3.8, 4) is 0 Å². The molecule has 0 saturated heterocycles. The van der Waals surface area contributed by atoms with Crippen LogP contribution in [0.4, 0.5) is 4.39 Å². The standard InChI is InChI=1S/C20H19ClFN3O2/c1-12-15(20(21)27-24-12)4-5-19(26)25-8-6-13(7-9-25)17-11-23-18-10-14(22)2-3-16(17)18/h2-3,6,10-11,23H,4-5,7-9H2,1H3. The van der Waals surface area contributed by atoms with Crippen LogP contribution < -0.4 is 0 Å². The summed E-state index contributed by atoms with van der Waals surface area (Å²) < 4.78 is 18.3. The van der Waals surface area contributed by atoms with Crippen molar-refractivity contribution < 1.29 is 13.7 Å². The molecule has 0 aliphatic carbocycles. The van der Waals surface area contributed by atoms with Crippen LogP contribution in [0.2, 0.25) is 5.22 Å². The smallest absolute Gasteiger partial charge is 0.229 e. The summed E-state index contributed by atoms with van der Waals surface area (Å²) in [5.74, 6) is -0.170. The average Bonchev–Trinajstić information content (AvgIpc) is 3.23. The molecule has 3 heterocycles. The van der Waals surface area contributed by atoms with Crippen molar-refractivity contribution >= 4 is 34.0 Å². The van der Waals surface area contributed by atoms with Gasteiger partial charge in [0.2, 0.25) is 11.1 Å². The quantitative estimate of drug-likeness (QED) is 0.716. The Bertz CT molecular complexity index is 1020. The van der Waals surface area contributed by atoms with Crippen LogP contribution in [0.25, 0.3) is 16.5 Å². The maximum atomic E-state index is 13.4. The molecule has 1 amide bonds. The molecule has 1 aliphatic rings. The second-order valence-corrected chi connectivity index (χ2v) is 7.07. The minimum absolute atomic E-state index is 0.0861. The van der Waals surface area contributed by atoms with Crippen LogP contribution in [0.15, 0.2) is 35.0 Å². The third-order valence-electron chi connectivity index (χ3n) is 5.08. The maximum absolute atomic E-state index is 13.4. The Labute approximate surface area is 160 Å². The van der Waals surface area contributed by atoms with Gasteiger partial charge in [-0.25, -0.2) is 4.39 Å². The summed E-state index contributed by atoms with van der Waals surface area (Å²) in [5.41, 5.74) is 4.55. The topological polar surface area (TPSA) is 62.1 Å². The number of amides is 1. The number of rotatable bonds is 4. The van der Waals surface area contributed by atoms with Gasteiger partial charge in [-0.3, -0.25) is 4.79 Å². The molecule has 7 heteroatoms. The predicted octanol–water partition coefficient (Wildman–Crippen LogP) is 4.51. The molecule has 1 N–H and O–H groups in total. The number of carbonyl (C=O) groups excluding carboxylic acids is 1. The van der Waals surface area contributed by atoms with Gasteiger partial charge >= 0.3 is 0 Å². The molecule has 0 spiro atoms. The number of aromatic amines is 1. The summed E-state index contributed by atoms with van der Waals surface area (Å²) in [7, 11) is 0. The van der Waals surface area contributed by atoms with Gasteiger partial charge in [-0.1, -0.05) is 11.2 Å². The molecule has 0 radical (unpaired) electrons.